The molecule has 0 fully saturated rings. The zero-order valence-electron chi connectivity index (χ0n) is 7.38. The minimum Gasteiger partial charge on any atom is -0.481 e. The first-order valence-electron chi connectivity index (χ1n) is 3.81. The minimum atomic E-state index is -0.862. The van der Waals surface area contributed by atoms with Crippen LogP contribution in [0.1, 0.15) is 5.56 Å². The van der Waals surface area contributed by atoms with Crippen molar-refractivity contribution in [2.24, 2.45) is 0 Å². The number of hydrogen-bond acceptors (Lipinski definition) is 2. The van der Waals surface area contributed by atoms with Crippen LogP contribution in [0.2, 0.25) is 10.0 Å². The van der Waals surface area contributed by atoms with Crippen LogP contribution < -0.4 is 0 Å². The lowest BCUT2D eigenvalue weighted by Crippen LogP contribution is -1.97. The number of thioether (sulfide) groups is 1. The van der Waals surface area contributed by atoms with E-state index in [1.165, 1.54) is 11.8 Å². The SMILES string of the molecule is Cc1c(Cl)ccc(SCC(=O)O)c1Cl. The molecule has 1 aromatic carbocycles. The molecular weight excluding hydrogens is 243 g/mol. The summed E-state index contributed by atoms with van der Waals surface area (Å²) in [5.74, 6) is -0.862. The van der Waals surface area contributed by atoms with Gasteiger partial charge in [-0.1, -0.05) is 23.2 Å². The molecule has 0 spiro atoms. The minimum absolute atomic E-state index is 0.000786. The van der Waals surface area contributed by atoms with E-state index in [2.05, 4.69) is 0 Å². The Morgan fingerprint density at radius 1 is 1.50 bits per heavy atom. The van der Waals surface area contributed by atoms with Crippen LogP contribution in [0, 0.1) is 6.92 Å². The third-order valence-corrected chi connectivity index (χ3v) is 3.69. The molecule has 0 saturated heterocycles. The van der Waals surface area contributed by atoms with Crippen molar-refractivity contribution in [3.63, 3.8) is 0 Å². The number of carboxylic acid groups (broad SMARTS) is 1. The van der Waals surface area contributed by atoms with Gasteiger partial charge in [0.15, 0.2) is 0 Å². The van der Waals surface area contributed by atoms with Gasteiger partial charge in [-0.3, -0.25) is 4.79 Å². The van der Waals surface area contributed by atoms with Crippen molar-refractivity contribution >= 4 is 40.9 Å². The maximum Gasteiger partial charge on any atom is 0.313 e. The van der Waals surface area contributed by atoms with Crippen LogP contribution >= 0.6 is 35.0 Å². The van der Waals surface area contributed by atoms with Gasteiger partial charge in [-0.15, -0.1) is 11.8 Å². The molecule has 0 aliphatic heterocycles. The quantitative estimate of drug-likeness (QED) is 0.835. The number of benzene rings is 1. The van der Waals surface area contributed by atoms with E-state index in [1.807, 2.05) is 0 Å². The van der Waals surface area contributed by atoms with Crippen LogP contribution in [0.4, 0.5) is 0 Å². The molecule has 0 saturated carbocycles. The summed E-state index contributed by atoms with van der Waals surface area (Å²) in [4.78, 5) is 11.1. The van der Waals surface area contributed by atoms with Crippen molar-refractivity contribution in [1.82, 2.24) is 0 Å². The van der Waals surface area contributed by atoms with Crippen molar-refractivity contribution in [3.8, 4) is 0 Å². The number of halogens is 2. The predicted molar refractivity (Wildman–Crippen MR) is 59.6 cm³/mol. The van der Waals surface area contributed by atoms with Crippen LogP contribution in [0.25, 0.3) is 0 Å². The van der Waals surface area contributed by atoms with E-state index in [-0.39, 0.29) is 5.75 Å². The Bertz CT molecular complexity index is 366. The topological polar surface area (TPSA) is 37.3 Å². The molecular formula is C9H8Cl2O2S. The van der Waals surface area contributed by atoms with Gasteiger partial charge >= 0.3 is 5.97 Å². The number of carboxylic acids is 1. The standard InChI is InChI=1S/C9H8Cl2O2S/c1-5-6(10)2-3-7(9(5)11)14-4-8(12)13/h2-3H,4H2,1H3,(H,12,13). The summed E-state index contributed by atoms with van der Waals surface area (Å²) in [6, 6.07) is 3.44. The first-order valence-corrected chi connectivity index (χ1v) is 5.55. The second kappa shape index (κ2) is 4.91. The van der Waals surface area contributed by atoms with Gasteiger partial charge < -0.3 is 5.11 Å². The molecule has 0 aliphatic rings. The van der Waals surface area contributed by atoms with E-state index in [1.54, 1.807) is 19.1 Å². The normalized spacial score (nSPS) is 10.2. The van der Waals surface area contributed by atoms with E-state index >= 15 is 0 Å². The largest absolute Gasteiger partial charge is 0.481 e. The van der Waals surface area contributed by atoms with E-state index in [4.69, 9.17) is 28.3 Å². The van der Waals surface area contributed by atoms with Gasteiger partial charge in [0.2, 0.25) is 0 Å². The molecule has 1 rings (SSSR count). The first-order chi connectivity index (χ1) is 6.52. The maximum absolute atomic E-state index is 10.3. The molecule has 0 amide bonds. The summed E-state index contributed by atoms with van der Waals surface area (Å²) in [6.07, 6.45) is 0. The van der Waals surface area contributed by atoms with Crippen LogP contribution in [-0.2, 0) is 4.79 Å². The van der Waals surface area contributed by atoms with E-state index in [9.17, 15) is 4.79 Å². The third kappa shape index (κ3) is 2.80. The Morgan fingerprint density at radius 2 is 2.14 bits per heavy atom. The van der Waals surface area contributed by atoms with Crippen LogP contribution in [0.3, 0.4) is 0 Å². The van der Waals surface area contributed by atoms with Crippen molar-refractivity contribution in [1.29, 1.82) is 0 Å². The van der Waals surface area contributed by atoms with Crippen molar-refractivity contribution in [3.05, 3.63) is 27.7 Å². The van der Waals surface area contributed by atoms with Gasteiger partial charge in [0.25, 0.3) is 0 Å². The molecule has 0 aliphatic carbocycles. The summed E-state index contributed by atoms with van der Waals surface area (Å²) in [5, 5.41) is 9.62. The van der Waals surface area contributed by atoms with Crippen molar-refractivity contribution in [2.45, 2.75) is 11.8 Å². The average molecular weight is 251 g/mol. The molecule has 0 heterocycles. The number of hydrogen-bond donors (Lipinski definition) is 1. The fraction of sp³-hybridized carbons (Fsp3) is 0.222. The molecule has 2 nitrogen and oxygen atoms in total. The van der Waals surface area contributed by atoms with Crippen LogP contribution in [0.5, 0.6) is 0 Å². The second-order valence-corrected chi connectivity index (χ2v) is 4.47. The Kier molecular flexibility index (Phi) is 4.11. The number of aliphatic carboxylic acids is 1. The summed E-state index contributed by atoms with van der Waals surface area (Å²) in [5.41, 5.74) is 0.781. The molecule has 14 heavy (non-hydrogen) atoms. The molecule has 1 aromatic rings. The second-order valence-electron chi connectivity index (χ2n) is 2.67. The van der Waals surface area contributed by atoms with Gasteiger partial charge in [0, 0.05) is 9.92 Å². The van der Waals surface area contributed by atoms with Gasteiger partial charge in [-0.2, -0.15) is 0 Å². The van der Waals surface area contributed by atoms with Crippen molar-refractivity contribution < 1.29 is 9.90 Å². The van der Waals surface area contributed by atoms with Gasteiger partial charge in [0.1, 0.15) is 0 Å². The Balaban J connectivity index is 2.88. The maximum atomic E-state index is 10.3. The monoisotopic (exact) mass is 250 g/mol. The summed E-state index contributed by atoms with van der Waals surface area (Å²) in [6.45, 7) is 1.80. The Morgan fingerprint density at radius 3 is 2.71 bits per heavy atom. The zero-order chi connectivity index (χ0) is 10.7. The van der Waals surface area contributed by atoms with Crippen LogP contribution in [-0.4, -0.2) is 16.8 Å². The summed E-state index contributed by atoms with van der Waals surface area (Å²) >= 11 is 13.0. The summed E-state index contributed by atoms with van der Waals surface area (Å²) in [7, 11) is 0. The van der Waals surface area contributed by atoms with E-state index in [0.717, 1.165) is 10.5 Å². The summed E-state index contributed by atoms with van der Waals surface area (Å²) < 4.78 is 0. The highest BCUT2D eigenvalue weighted by molar-refractivity contribution is 8.00. The molecule has 0 aromatic heterocycles. The smallest absolute Gasteiger partial charge is 0.313 e. The fourth-order valence-electron chi connectivity index (χ4n) is 0.888. The third-order valence-electron chi connectivity index (χ3n) is 1.64. The lowest BCUT2D eigenvalue weighted by molar-refractivity contribution is -0.133. The lowest BCUT2D eigenvalue weighted by Gasteiger charge is -2.06. The Hall–Kier alpha value is -0.380. The predicted octanol–water partition coefficient (Wildman–Crippen LogP) is 3.48. The molecule has 1 N–H and O–H groups in total. The first kappa shape index (κ1) is 11.7. The molecule has 0 bridgehead atoms. The lowest BCUT2D eigenvalue weighted by atomic mass is 10.2. The van der Waals surface area contributed by atoms with Gasteiger partial charge in [-0.05, 0) is 24.6 Å². The van der Waals surface area contributed by atoms with Gasteiger partial charge in [0.05, 0.1) is 10.8 Å². The zero-order valence-corrected chi connectivity index (χ0v) is 9.71. The average Bonchev–Trinajstić information content (AvgIpc) is 2.13. The van der Waals surface area contributed by atoms with E-state index in [0.29, 0.717) is 10.0 Å². The highest BCUT2D eigenvalue weighted by Gasteiger charge is 2.08. The number of carbonyl (C=O) groups is 1. The van der Waals surface area contributed by atoms with Gasteiger partial charge in [-0.25, -0.2) is 0 Å². The van der Waals surface area contributed by atoms with Crippen molar-refractivity contribution in [2.75, 3.05) is 5.75 Å². The molecule has 0 radical (unpaired) electrons. The Labute approximate surface area is 96.2 Å². The van der Waals surface area contributed by atoms with E-state index < -0.39 is 5.97 Å². The fourth-order valence-corrected chi connectivity index (χ4v) is 2.14. The highest BCUT2D eigenvalue weighted by Crippen LogP contribution is 2.33. The highest BCUT2D eigenvalue weighted by atomic mass is 35.5. The van der Waals surface area contributed by atoms with Crippen LogP contribution in [0.15, 0.2) is 17.0 Å². The molecule has 76 valence electrons. The number of rotatable bonds is 3. The molecule has 5 heteroatoms. The molecule has 0 atom stereocenters. The molecule has 0 unspecified atom stereocenters.